The van der Waals surface area contributed by atoms with Gasteiger partial charge in [-0.15, -0.1) is 0 Å². The number of aromatic nitrogens is 3. The highest BCUT2D eigenvalue weighted by atomic mass is 32.2. The van der Waals surface area contributed by atoms with Gasteiger partial charge in [0.2, 0.25) is 0 Å². The molecule has 0 saturated carbocycles. The molecule has 4 heteroatoms. The standard InChI is InChI=1S/C12H19N3S/c1-12(2,3)9-6-13-11-10(16(4)5)7-14-15(11)8-9/h6-8,16H,1-5H3. The highest BCUT2D eigenvalue weighted by molar-refractivity contribution is 8.16. The van der Waals surface area contributed by atoms with Crippen LogP contribution in [-0.2, 0) is 5.41 Å². The second-order valence-corrected chi connectivity index (χ2v) is 7.56. The summed E-state index contributed by atoms with van der Waals surface area (Å²) in [6, 6.07) is 0. The molecule has 0 saturated heterocycles. The predicted octanol–water partition coefficient (Wildman–Crippen LogP) is 2.65. The maximum absolute atomic E-state index is 4.55. The second-order valence-electron chi connectivity index (χ2n) is 5.29. The van der Waals surface area contributed by atoms with Crippen LogP contribution in [-0.4, -0.2) is 27.1 Å². The van der Waals surface area contributed by atoms with Crippen molar-refractivity contribution in [3.8, 4) is 0 Å². The van der Waals surface area contributed by atoms with Crippen LogP contribution in [0, 0.1) is 0 Å². The van der Waals surface area contributed by atoms with Crippen LogP contribution in [0.1, 0.15) is 26.3 Å². The molecule has 0 aliphatic rings. The SMILES string of the molecule is C[SH](C)c1cnn2cc(C(C)(C)C)cnc12. The lowest BCUT2D eigenvalue weighted by atomic mass is 9.89. The molecule has 2 rings (SSSR count). The summed E-state index contributed by atoms with van der Waals surface area (Å²) in [5.74, 6) is 0. The van der Waals surface area contributed by atoms with Gasteiger partial charge in [-0.25, -0.2) is 20.4 Å². The molecule has 0 fully saturated rings. The van der Waals surface area contributed by atoms with E-state index < -0.39 is 0 Å². The first kappa shape index (κ1) is 11.5. The summed E-state index contributed by atoms with van der Waals surface area (Å²) in [6.07, 6.45) is 10.5. The van der Waals surface area contributed by atoms with Crippen LogP contribution < -0.4 is 0 Å². The fraction of sp³-hybridized carbons (Fsp3) is 0.500. The molecule has 0 aromatic carbocycles. The zero-order valence-corrected chi connectivity index (χ0v) is 11.4. The molecule has 0 atom stereocenters. The van der Waals surface area contributed by atoms with Gasteiger partial charge in [0, 0.05) is 12.4 Å². The summed E-state index contributed by atoms with van der Waals surface area (Å²) in [6.45, 7) is 6.56. The highest BCUT2D eigenvalue weighted by Crippen LogP contribution is 2.31. The quantitative estimate of drug-likeness (QED) is 0.773. The van der Waals surface area contributed by atoms with Gasteiger partial charge in [0.05, 0.1) is 11.1 Å². The first-order valence-electron chi connectivity index (χ1n) is 5.41. The third-order valence-electron chi connectivity index (χ3n) is 2.69. The van der Waals surface area contributed by atoms with E-state index in [1.54, 1.807) is 0 Å². The van der Waals surface area contributed by atoms with Crippen molar-refractivity contribution in [2.45, 2.75) is 31.1 Å². The van der Waals surface area contributed by atoms with E-state index >= 15 is 0 Å². The molecule has 2 heterocycles. The van der Waals surface area contributed by atoms with Crippen molar-refractivity contribution in [1.29, 1.82) is 0 Å². The van der Waals surface area contributed by atoms with Crippen molar-refractivity contribution in [3.05, 3.63) is 24.2 Å². The zero-order chi connectivity index (χ0) is 11.9. The second kappa shape index (κ2) is 3.77. The van der Waals surface area contributed by atoms with E-state index in [-0.39, 0.29) is 16.3 Å². The third-order valence-corrected chi connectivity index (χ3v) is 3.96. The van der Waals surface area contributed by atoms with Gasteiger partial charge in [-0.2, -0.15) is 5.10 Å². The Kier molecular flexibility index (Phi) is 2.70. The molecule has 0 spiro atoms. The molecule has 0 aliphatic carbocycles. The molecule has 0 radical (unpaired) electrons. The molecular formula is C12H19N3S. The van der Waals surface area contributed by atoms with Crippen molar-refractivity contribution in [2.24, 2.45) is 0 Å². The summed E-state index contributed by atoms with van der Waals surface area (Å²) in [4.78, 5) is 5.82. The Balaban J connectivity index is 2.58. The molecule has 0 unspecified atom stereocenters. The van der Waals surface area contributed by atoms with Gasteiger partial charge in [-0.1, -0.05) is 20.8 Å². The van der Waals surface area contributed by atoms with E-state index in [1.165, 1.54) is 10.5 Å². The van der Waals surface area contributed by atoms with Gasteiger partial charge in [-0.05, 0) is 23.5 Å². The summed E-state index contributed by atoms with van der Waals surface area (Å²) >= 11 is 0. The third kappa shape index (κ3) is 1.94. The first-order chi connectivity index (χ1) is 7.39. The van der Waals surface area contributed by atoms with Crippen LogP contribution in [0.5, 0.6) is 0 Å². The summed E-state index contributed by atoms with van der Waals surface area (Å²) in [7, 11) is -0.142. The van der Waals surface area contributed by atoms with Crippen molar-refractivity contribution < 1.29 is 0 Å². The lowest BCUT2D eigenvalue weighted by molar-refractivity contribution is 0.581. The minimum atomic E-state index is -0.142. The Bertz CT molecular complexity index is 508. The minimum absolute atomic E-state index is 0.121. The maximum atomic E-state index is 4.55. The molecule has 2 aromatic rings. The maximum Gasteiger partial charge on any atom is 0.166 e. The number of thiol groups is 1. The predicted molar refractivity (Wildman–Crippen MR) is 70.8 cm³/mol. The number of hydrogen-bond acceptors (Lipinski definition) is 2. The molecule has 0 amide bonds. The Labute approximate surface area is 99.2 Å². The molecule has 16 heavy (non-hydrogen) atoms. The summed E-state index contributed by atoms with van der Waals surface area (Å²) in [5.41, 5.74) is 2.34. The lowest BCUT2D eigenvalue weighted by Gasteiger charge is -2.18. The molecule has 0 aliphatic heterocycles. The van der Waals surface area contributed by atoms with Gasteiger partial charge in [-0.3, -0.25) is 0 Å². The topological polar surface area (TPSA) is 30.2 Å². The molecular weight excluding hydrogens is 218 g/mol. The van der Waals surface area contributed by atoms with Crippen molar-refractivity contribution in [3.63, 3.8) is 0 Å². The molecule has 0 N–H and O–H groups in total. The van der Waals surface area contributed by atoms with Crippen molar-refractivity contribution >= 4 is 16.5 Å². The average molecular weight is 237 g/mol. The Morgan fingerprint density at radius 1 is 1.19 bits per heavy atom. The average Bonchev–Trinajstić information content (AvgIpc) is 2.58. The van der Waals surface area contributed by atoms with E-state index in [2.05, 4.69) is 49.6 Å². The van der Waals surface area contributed by atoms with Gasteiger partial charge in [0.15, 0.2) is 5.65 Å². The van der Waals surface area contributed by atoms with Crippen LogP contribution in [0.3, 0.4) is 0 Å². The molecule has 88 valence electrons. The fourth-order valence-corrected chi connectivity index (χ4v) is 2.41. The van der Waals surface area contributed by atoms with Crippen LogP contribution >= 0.6 is 10.9 Å². The van der Waals surface area contributed by atoms with Crippen LogP contribution in [0.4, 0.5) is 0 Å². The van der Waals surface area contributed by atoms with Crippen molar-refractivity contribution in [2.75, 3.05) is 12.5 Å². The number of nitrogens with zero attached hydrogens (tertiary/aromatic N) is 3. The minimum Gasteiger partial charge on any atom is -0.236 e. The Hall–Kier alpha value is -1.03. The van der Waals surface area contributed by atoms with Crippen molar-refractivity contribution in [1.82, 2.24) is 14.6 Å². The van der Waals surface area contributed by atoms with Gasteiger partial charge in [0.25, 0.3) is 0 Å². The first-order valence-corrected chi connectivity index (χ1v) is 7.64. The van der Waals surface area contributed by atoms with Gasteiger partial charge < -0.3 is 0 Å². The van der Waals surface area contributed by atoms with E-state index in [9.17, 15) is 0 Å². The summed E-state index contributed by atoms with van der Waals surface area (Å²) in [5, 5.41) is 4.38. The smallest absolute Gasteiger partial charge is 0.166 e. The number of fused-ring (bicyclic) bond motifs is 1. The molecule has 2 aromatic heterocycles. The van der Waals surface area contributed by atoms with Gasteiger partial charge >= 0.3 is 0 Å². The Morgan fingerprint density at radius 2 is 1.88 bits per heavy atom. The number of rotatable bonds is 1. The van der Waals surface area contributed by atoms with Crippen LogP contribution in [0.25, 0.3) is 5.65 Å². The zero-order valence-electron chi connectivity index (χ0n) is 10.5. The Morgan fingerprint density at radius 3 is 2.44 bits per heavy atom. The van der Waals surface area contributed by atoms with E-state index in [0.29, 0.717) is 0 Å². The van der Waals surface area contributed by atoms with Crippen LogP contribution in [0.15, 0.2) is 23.5 Å². The van der Waals surface area contributed by atoms with E-state index in [1.807, 2.05) is 16.9 Å². The monoisotopic (exact) mass is 237 g/mol. The fourth-order valence-electron chi connectivity index (χ4n) is 1.56. The number of hydrogen-bond donors (Lipinski definition) is 1. The lowest BCUT2D eigenvalue weighted by Crippen LogP contribution is -2.12. The van der Waals surface area contributed by atoms with Crippen LogP contribution in [0.2, 0.25) is 0 Å². The highest BCUT2D eigenvalue weighted by Gasteiger charge is 2.16. The van der Waals surface area contributed by atoms with E-state index in [4.69, 9.17) is 0 Å². The normalized spacial score (nSPS) is 13.2. The van der Waals surface area contributed by atoms with E-state index in [0.717, 1.165) is 5.65 Å². The van der Waals surface area contributed by atoms with Gasteiger partial charge in [0.1, 0.15) is 0 Å². The molecule has 3 nitrogen and oxygen atoms in total. The largest absolute Gasteiger partial charge is 0.236 e. The summed E-state index contributed by atoms with van der Waals surface area (Å²) < 4.78 is 1.90. The molecule has 0 bridgehead atoms.